The lowest BCUT2D eigenvalue weighted by Crippen LogP contribution is -2.08. The molecule has 0 bridgehead atoms. The maximum absolute atomic E-state index is 14.9. The fraction of sp³-hybridized carbons (Fsp3) is 0.345. The van der Waals surface area contributed by atoms with E-state index in [1.807, 2.05) is 52.1 Å². The van der Waals surface area contributed by atoms with Crippen molar-refractivity contribution in [2.24, 2.45) is 5.92 Å². The van der Waals surface area contributed by atoms with Gasteiger partial charge < -0.3 is 10.6 Å². The van der Waals surface area contributed by atoms with E-state index in [1.54, 1.807) is 12.1 Å². The predicted molar refractivity (Wildman–Crippen MR) is 146 cm³/mol. The minimum absolute atomic E-state index is 0.289. The summed E-state index contributed by atoms with van der Waals surface area (Å²) in [5, 5.41) is 7.12. The van der Waals surface area contributed by atoms with E-state index in [-0.39, 0.29) is 5.82 Å². The van der Waals surface area contributed by atoms with Crippen molar-refractivity contribution in [2.45, 2.75) is 48.5 Å². The molecular formula is C29H35ClFN3. The lowest BCUT2D eigenvalue weighted by molar-refractivity contribution is 0.631. The van der Waals surface area contributed by atoms with Crippen molar-refractivity contribution in [3.63, 3.8) is 0 Å². The Morgan fingerprint density at radius 1 is 0.971 bits per heavy atom. The molecule has 180 valence electrons. The van der Waals surface area contributed by atoms with Crippen LogP contribution in [0.2, 0.25) is 5.02 Å². The average Bonchev–Trinajstić information content (AvgIpc) is 2.78. The van der Waals surface area contributed by atoms with E-state index in [9.17, 15) is 4.39 Å². The third-order valence-electron chi connectivity index (χ3n) is 6.04. The van der Waals surface area contributed by atoms with E-state index in [0.29, 0.717) is 23.2 Å². The molecule has 0 aliphatic heterocycles. The van der Waals surface area contributed by atoms with Crippen molar-refractivity contribution in [2.75, 3.05) is 23.7 Å². The summed E-state index contributed by atoms with van der Waals surface area (Å²) >= 11 is 6.91. The molecular weight excluding hydrogens is 445 g/mol. The summed E-state index contributed by atoms with van der Waals surface area (Å²) < 4.78 is 14.9. The number of anilines is 2. The third-order valence-corrected chi connectivity index (χ3v) is 6.51. The summed E-state index contributed by atoms with van der Waals surface area (Å²) in [6.07, 6.45) is 3.92. The van der Waals surface area contributed by atoms with Gasteiger partial charge in [0.15, 0.2) is 0 Å². The standard InChI is InChI=1S/C29H35ClFN3/c1-17(2)12-13-32-25-10-8-22(14-24(25)31)28-20(6)19(5)27(21(7)29(28)30)23-9-11-26(34-16-23)33-15-18(3)4/h8-12,14,16,18,32H,13,15H2,1-7H3,(H,33,34). The fourth-order valence-corrected chi connectivity index (χ4v) is 4.37. The van der Waals surface area contributed by atoms with Crippen LogP contribution in [0.25, 0.3) is 22.3 Å². The van der Waals surface area contributed by atoms with Gasteiger partial charge in [0.05, 0.1) is 10.7 Å². The van der Waals surface area contributed by atoms with Gasteiger partial charge in [0.2, 0.25) is 0 Å². The molecule has 3 aromatic rings. The SMILES string of the molecule is CC(C)=CCNc1ccc(-c2c(C)c(C)c(-c3ccc(NCC(C)C)nc3)c(C)c2Cl)cc1F. The molecule has 3 nitrogen and oxygen atoms in total. The second-order valence-corrected chi connectivity index (χ2v) is 9.88. The predicted octanol–water partition coefficient (Wildman–Crippen LogP) is 8.58. The molecule has 0 aliphatic rings. The smallest absolute Gasteiger partial charge is 0.146 e. The maximum Gasteiger partial charge on any atom is 0.146 e. The van der Waals surface area contributed by atoms with Crippen LogP contribution in [0.15, 0.2) is 48.2 Å². The lowest BCUT2D eigenvalue weighted by atomic mass is 9.87. The van der Waals surface area contributed by atoms with Gasteiger partial charge in [-0.3, -0.25) is 0 Å². The van der Waals surface area contributed by atoms with Crippen LogP contribution in [0.5, 0.6) is 0 Å². The summed E-state index contributed by atoms with van der Waals surface area (Å²) in [6, 6.07) is 9.35. The Bertz CT molecular complexity index is 1160. The van der Waals surface area contributed by atoms with E-state index >= 15 is 0 Å². The average molecular weight is 480 g/mol. The number of aromatic nitrogens is 1. The van der Waals surface area contributed by atoms with Crippen molar-refractivity contribution in [3.05, 3.63) is 75.7 Å². The summed E-state index contributed by atoms with van der Waals surface area (Å²) in [5.74, 6) is 1.12. The molecule has 0 atom stereocenters. The van der Waals surface area contributed by atoms with Crippen LogP contribution in [0.4, 0.5) is 15.9 Å². The fourth-order valence-electron chi connectivity index (χ4n) is 4.03. The summed E-state index contributed by atoms with van der Waals surface area (Å²) in [6.45, 7) is 16.0. The van der Waals surface area contributed by atoms with Crippen LogP contribution >= 0.6 is 11.6 Å². The van der Waals surface area contributed by atoms with Gasteiger partial charge in [0.25, 0.3) is 0 Å². The number of rotatable bonds is 8. The van der Waals surface area contributed by atoms with E-state index in [1.165, 1.54) is 5.57 Å². The van der Waals surface area contributed by atoms with Crippen molar-refractivity contribution in [1.82, 2.24) is 4.98 Å². The molecule has 2 aromatic carbocycles. The first-order chi connectivity index (χ1) is 16.1. The van der Waals surface area contributed by atoms with E-state index < -0.39 is 0 Å². The number of nitrogens with zero attached hydrogens (tertiary/aromatic N) is 1. The minimum Gasteiger partial charge on any atom is -0.379 e. The molecule has 3 rings (SSSR count). The van der Waals surface area contributed by atoms with Crippen LogP contribution in [0, 0.1) is 32.5 Å². The summed E-state index contributed by atoms with van der Waals surface area (Å²) in [4.78, 5) is 4.59. The van der Waals surface area contributed by atoms with Crippen molar-refractivity contribution >= 4 is 23.1 Å². The molecule has 0 amide bonds. The zero-order chi connectivity index (χ0) is 25.0. The monoisotopic (exact) mass is 479 g/mol. The zero-order valence-corrected chi connectivity index (χ0v) is 22.0. The molecule has 0 spiro atoms. The molecule has 2 N–H and O–H groups in total. The van der Waals surface area contributed by atoms with Crippen molar-refractivity contribution in [1.29, 1.82) is 0 Å². The van der Waals surface area contributed by atoms with Crippen LogP contribution in [0.3, 0.4) is 0 Å². The number of allylic oxidation sites excluding steroid dienone is 1. The highest BCUT2D eigenvalue weighted by atomic mass is 35.5. The van der Waals surface area contributed by atoms with Gasteiger partial charge in [-0.05, 0) is 92.6 Å². The normalized spacial score (nSPS) is 11.0. The molecule has 1 aromatic heterocycles. The van der Waals surface area contributed by atoms with Gasteiger partial charge in [0, 0.05) is 30.4 Å². The Morgan fingerprint density at radius 3 is 2.24 bits per heavy atom. The lowest BCUT2D eigenvalue weighted by Gasteiger charge is -2.20. The highest BCUT2D eigenvalue weighted by Gasteiger charge is 2.19. The molecule has 0 fully saturated rings. The Kier molecular flexibility index (Phi) is 8.37. The van der Waals surface area contributed by atoms with Gasteiger partial charge in [-0.25, -0.2) is 9.37 Å². The summed E-state index contributed by atoms with van der Waals surface area (Å²) in [7, 11) is 0. The van der Waals surface area contributed by atoms with Crippen LogP contribution < -0.4 is 10.6 Å². The quantitative estimate of drug-likeness (QED) is 0.317. The van der Waals surface area contributed by atoms with Crippen LogP contribution in [0.1, 0.15) is 44.4 Å². The Morgan fingerprint density at radius 2 is 1.65 bits per heavy atom. The molecule has 34 heavy (non-hydrogen) atoms. The second-order valence-electron chi connectivity index (χ2n) is 9.50. The zero-order valence-electron chi connectivity index (χ0n) is 21.2. The number of pyridine rings is 1. The van der Waals surface area contributed by atoms with Crippen molar-refractivity contribution < 1.29 is 4.39 Å². The first kappa shape index (κ1) is 25.8. The van der Waals surface area contributed by atoms with Crippen LogP contribution in [-0.4, -0.2) is 18.1 Å². The Labute approximate surface area is 208 Å². The van der Waals surface area contributed by atoms with Crippen molar-refractivity contribution in [3.8, 4) is 22.3 Å². The van der Waals surface area contributed by atoms with Gasteiger partial charge in [0.1, 0.15) is 11.6 Å². The molecule has 0 saturated heterocycles. The van der Waals surface area contributed by atoms with Crippen LogP contribution in [-0.2, 0) is 0 Å². The number of halogens is 2. The Hall–Kier alpha value is -2.85. The highest BCUT2D eigenvalue weighted by Crippen LogP contribution is 2.42. The Balaban J connectivity index is 1.97. The number of hydrogen-bond acceptors (Lipinski definition) is 3. The van der Waals surface area contributed by atoms with E-state index in [2.05, 4.69) is 42.5 Å². The maximum atomic E-state index is 14.9. The largest absolute Gasteiger partial charge is 0.379 e. The summed E-state index contributed by atoms with van der Waals surface area (Å²) in [5.41, 5.74) is 8.55. The molecule has 1 heterocycles. The highest BCUT2D eigenvalue weighted by molar-refractivity contribution is 6.35. The second kappa shape index (κ2) is 11.1. The van der Waals surface area contributed by atoms with E-state index in [4.69, 9.17) is 11.6 Å². The van der Waals surface area contributed by atoms with Gasteiger partial charge in [-0.1, -0.05) is 43.2 Å². The number of benzene rings is 2. The first-order valence-electron chi connectivity index (χ1n) is 11.8. The van der Waals surface area contributed by atoms with Gasteiger partial charge in [-0.15, -0.1) is 0 Å². The molecule has 0 aliphatic carbocycles. The topological polar surface area (TPSA) is 37.0 Å². The molecule has 5 heteroatoms. The van der Waals surface area contributed by atoms with E-state index in [0.717, 1.165) is 51.3 Å². The number of hydrogen-bond donors (Lipinski definition) is 2. The van der Waals surface area contributed by atoms with Gasteiger partial charge >= 0.3 is 0 Å². The minimum atomic E-state index is -0.289. The first-order valence-corrected chi connectivity index (χ1v) is 12.1. The van der Waals surface area contributed by atoms with Gasteiger partial charge in [-0.2, -0.15) is 0 Å². The number of nitrogens with one attached hydrogen (secondary N) is 2. The molecule has 0 radical (unpaired) electrons. The molecule has 0 unspecified atom stereocenters. The third kappa shape index (κ3) is 5.79. The molecule has 0 saturated carbocycles.